The highest BCUT2D eigenvalue weighted by Gasteiger charge is 2.40. The van der Waals surface area contributed by atoms with E-state index in [1.54, 1.807) is 12.0 Å². The fourth-order valence-corrected chi connectivity index (χ4v) is 4.69. The van der Waals surface area contributed by atoms with Crippen LogP contribution in [0.4, 0.5) is 0 Å². The van der Waals surface area contributed by atoms with Gasteiger partial charge < -0.3 is 19.9 Å². The molecule has 0 bridgehead atoms. The van der Waals surface area contributed by atoms with Crippen LogP contribution in [0.25, 0.3) is 10.9 Å². The molecule has 6 nitrogen and oxygen atoms in total. The van der Waals surface area contributed by atoms with Gasteiger partial charge >= 0.3 is 0 Å². The molecule has 166 valence electrons. The molecule has 5 rings (SSSR count). The number of fused-ring (bicyclic) bond motifs is 2. The molecule has 0 radical (unpaired) electrons. The Morgan fingerprint density at radius 2 is 1.85 bits per heavy atom. The number of ether oxygens (including phenoxy) is 1. The number of hydrogen-bond donors (Lipinski definition) is 2. The molecule has 2 heterocycles. The first-order valence-electron chi connectivity index (χ1n) is 10.9. The van der Waals surface area contributed by atoms with E-state index in [0.29, 0.717) is 12.1 Å². The van der Waals surface area contributed by atoms with E-state index in [1.165, 1.54) is 0 Å². The fraction of sp³-hybridized carbons (Fsp3) is 0.185. The van der Waals surface area contributed by atoms with Gasteiger partial charge in [0.1, 0.15) is 12.3 Å². The SMILES string of the molecule is COc1cccc(CNC(=O)CN2C(=O)c3ccccc3[C@@H]2c2c(C)[nH]c3ccccc23)c1. The van der Waals surface area contributed by atoms with Crippen LogP contribution in [0.5, 0.6) is 5.75 Å². The Labute approximate surface area is 192 Å². The maximum atomic E-state index is 13.4. The van der Waals surface area contributed by atoms with E-state index < -0.39 is 0 Å². The summed E-state index contributed by atoms with van der Waals surface area (Å²) in [6.45, 7) is 2.35. The van der Waals surface area contributed by atoms with Crippen molar-refractivity contribution in [2.45, 2.75) is 19.5 Å². The van der Waals surface area contributed by atoms with Crippen LogP contribution in [0.15, 0.2) is 72.8 Å². The molecule has 4 aromatic rings. The smallest absolute Gasteiger partial charge is 0.255 e. The molecule has 1 atom stereocenters. The average molecular weight is 440 g/mol. The number of H-pyrrole nitrogens is 1. The van der Waals surface area contributed by atoms with Crippen molar-refractivity contribution in [1.29, 1.82) is 0 Å². The first-order valence-corrected chi connectivity index (χ1v) is 10.9. The van der Waals surface area contributed by atoms with E-state index in [0.717, 1.165) is 39.0 Å². The van der Waals surface area contributed by atoms with Gasteiger partial charge in [0.15, 0.2) is 0 Å². The molecule has 1 aromatic heterocycles. The predicted molar refractivity (Wildman–Crippen MR) is 127 cm³/mol. The van der Waals surface area contributed by atoms with Crippen molar-refractivity contribution in [3.05, 3.63) is 101 Å². The summed E-state index contributed by atoms with van der Waals surface area (Å²) in [6.07, 6.45) is 0. The fourth-order valence-electron chi connectivity index (χ4n) is 4.69. The lowest BCUT2D eigenvalue weighted by Crippen LogP contribution is -2.39. The summed E-state index contributed by atoms with van der Waals surface area (Å²) >= 11 is 0. The summed E-state index contributed by atoms with van der Waals surface area (Å²) in [4.78, 5) is 31.4. The van der Waals surface area contributed by atoms with Crippen molar-refractivity contribution in [3.8, 4) is 5.75 Å². The molecule has 0 spiro atoms. The van der Waals surface area contributed by atoms with Gasteiger partial charge in [-0.1, -0.05) is 48.5 Å². The molecule has 1 aliphatic heterocycles. The largest absolute Gasteiger partial charge is 0.497 e. The number of rotatable bonds is 6. The number of carbonyl (C=O) groups excluding carboxylic acids is 2. The predicted octanol–water partition coefficient (Wildman–Crippen LogP) is 4.35. The Morgan fingerprint density at radius 1 is 1.06 bits per heavy atom. The van der Waals surface area contributed by atoms with Crippen molar-refractivity contribution in [1.82, 2.24) is 15.2 Å². The number of nitrogens with zero attached hydrogens (tertiary/aromatic N) is 1. The van der Waals surface area contributed by atoms with Gasteiger partial charge in [0.25, 0.3) is 5.91 Å². The molecule has 3 aromatic carbocycles. The second kappa shape index (κ2) is 8.47. The molecule has 2 N–H and O–H groups in total. The molecule has 0 unspecified atom stereocenters. The van der Waals surface area contributed by atoms with Crippen LogP contribution in [0.2, 0.25) is 0 Å². The summed E-state index contributed by atoms with van der Waals surface area (Å²) in [5.41, 5.74) is 5.55. The summed E-state index contributed by atoms with van der Waals surface area (Å²) < 4.78 is 5.25. The van der Waals surface area contributed by atoms with Gasteiger partial charge in [-0.05, 0) is 42.3 Å². The summed E-state index contributed by atoms with van der Waals surface area (Å²) in [5, 5.41) is 4.01. The van der Waals surface area contributed by atoms with E-state index in [2.05, 4.69) is 16.4 Å². The Bertz CT molecular complexity index is 1360. The number of aromatic nitrogens is 1. The third-order valence-electron chi connectivity index (χ3n) is 6.21. The number of nitrogens with one attached hydrogen (secondary N) is 2. The van der Waals surface area contributed by atoms with Crippen LogP contribution in [-0.2, 0) is 11.3 Å². The number of aryl methyl sites for hydroxylation is 1. The lowest BCUT2D eigenvalue weighted by atomic mass is 9.95. The minimum atomic E-state index is -0.326. The van der Waals surface area contributed by atoms with Gasteiger partial charge in [-0.25, -0.2) is 0 Å². The zero-order valence-electron chi connectivity index (χ0n) is 18.6. The van der Waals surface area contributed by atoms with Crippen LogP contribution in [0.3, 0.4) is 0 Å². The summed E-state index contributed by atoms with van der Waals surface area (Å²) in [6, 6.07) is 22.9. The number of para-hydroxylation sites is 1. The van der Waals surface area contributed by atoms with Gasteiger partial charge in [-0.3, -0.25) is 9.59 Å². The Kier molecular flexibility index (Phi) is 5.34. The van der Waals surface area contributed by atoms with Crippen LogP contribution in [0, 0.1) is 6.92 Å². The van der Waals surface area contributed by atoms with E-state index >= 15 is 0 Å². The first-order chi connectivity index (χ1) is 16.1. The van der Waals surface area contributed by atoms with Crippen molar-refractivity contribution in [3.63, 3.8) is 0 Å². The number of carbonyl (C=O) groups is 2. The Hall–Kier alpha value is -4.06. The van der Waals surface area contributed by atoms with Gasteiger partial charge in [-0.15, -0.1) is 0 Å². The van der Waals surface area contributed by atoms with Crippen molar-refractivity contribution in [2.75, 3.05) is 13.7 Å². The molecular formula is C27H25N3O3. The first kappa shape index (κ1) is 20.8. The standard InChI is InChI=1S/C27H25N3O3/c1-17-25(22-12-5-6-13-23(22)29-17)26-20-10-3-4-11-21(20)27(32)30(26)16-24(31)28-15-18-8-7-9-19(14-18)33-2/h3-14,26,29H,15-16H2,1-2H3,(H,28,31)/t26-/m1/s1. The zero-order valence-corrected chi connectivity index (χ0v) is 18.6. The number of aromatic amines is 1. The third kappa shape index (κ3) is 3.74. The van der Waals surface area contributed by atoms with E-state index in [1.807, 2.05) is 73.7 Å². The maximum Gasteiger partial charge on any atom is 0.255 e. The van der Waals surface area contributed by atoms with Gasteiger partial charge in [-0.2, -0.15) is 0 Å². The average Bonchev–Trinajstić information content (AvgIpc) is 3.31. The third-order valence-corrected chi connectivity index (χ3v) is 6.21. The highest BCUT2D eigenvalue weighted by atomic mass is 16.5. The maximum absolute atomic E-state index is 13.4. The highest BCUT2D eigenvalue weighted by molar-refractivity contribution is 6.02. The number of benzene rings is 3. The highest BCUT2D eigenvalue weighted by Crippen LogP contribution is 2.42. The molecule has 0 saturated heterocycles. The van der Waals surface area contributed by atoms with Gasteiger partial charge in [0.2, 0.25) is 5.91 Å². The zero-order chi connectivity index (χ0) is 22.9. The number of methoxy groups -OCH3 is 1. The van der Waals surface area contributed by atoms with Crippen LogP contribution < -0.4 is 10.1 Å². The molecule has 33 heavy (non-hydrogen) atoms. The Morgan fingerprint density at radius 3 is 2.70 bits per heavy atom. The second-order valence-electron chi connectivity index (χ2n) is 8.26. The topological polar surface area (TPSA) is 74.4 Å². The minimum absolute atomic E-state index is 0.0267. The normalized spacial score (nSPS) is 15.0. The molecule has 2 amide bonds. The molecule has 6 heteroatoms. The van der Waals surface area contributed by atoms with Crippen molar-refractivity contribution in [2.24, 2.45) is 0 Å². The quantitative estimate of drug-likeness (QED) is 0.469. The van der Waals surface area contributed by atoms with E-state index in [4.69, 9.17) is 4.74 Å². The molecule has 0 aliphatic carbocycles. The lowest BCUT2D eigenvalue weighted by molar-refractivity contribution is -0.122. The molecule has 0 saturated carbocycles. The Balaban J connectivity index is 1.45. The molecule has 1 aliphatic rings. The molecule has 0 fully saturated rings. The van der Waals surface area contributed by atoms with Crippen molar-refractivity contribution < 1.29 is 14.3 Å². The molecular weight excluding hydrogens is 414 g/mol. The van der Waals surface area contributed by atoms with E-state index in [9.17, 15) is 9.59 Å². The second-order valence-corrected chi connectivity index (χ2v) is 8.26. The minimum Gasteiger partial charge on any atom is -0.497 e. The van der Waals surface area contributed by atoms with Gasteiger partial charge in [0, 0.05) is 34.3 Å². The van der Waals surface area contributed by atoms with Crippen molar-refractivity contribution >= 4 is 22.7 Å². The number of amides is 2. The van der Waals surface area contributed by atoms with E-state index in [-0.39, 0.29) is 24.4 Å². The van der Waals surface area contributed by atoms with Crippen LogP contribution in [0.1, 0.15) is 38.8 Å². The van der Waals surface area contributed by atoms with Crippen LogP contribution >= 0.6 is 0 Å². The monoisotopic (exact) mass is 439 g/mol. The summed E-state index contributed by atoms with van der Waals surface area (Å²) in [7, 11) is 1.61. The number of hydrogen-bond acceptors (Lipinski definition) is 3. The van der Waals surface area contributed by atoms with Gasteiger partial charge in [0.05, 0.1) is 13.2 Å². The summed E-state index contributed by atoms with van der Waals surface area (Å²) in [5.74, 6) is 0.403. The lowest BCUT2D eigenvalue weighted by Gasteiger charge is -2.25. The van der Waals surface area contributed by atoms with Crippen LogP contribution in [-0.4, -0.2) is 35.4 Å².